The molecule has 0 atom stereocenters. The van der Waals surface area contributed by atoms with Crippen molar-refractivity contribution in [2.45, 2.75) is 25.8 Å². The van der Waals surface area contributed by atoms with Crippen molar-refractivity contribution in [1.29, 1.82) is 0 Å². The minimum Gasteiger partial charge on any atom is -0.456 e. The second-order valence-electron chi connectivity index (χ2n) is 8.23. The molecule has 2 fully saturated rings. The molecule has 0 radical (unpaired) electrons. The van der Waals surface area contributed by atoms with E-state index in [9.17, 15) is 4.79 Å². The van der Waals surface area contributed by atoms with Crippen molar-refractivity contribution in [3.63, 3.8) is 0 Å². The average Bonchev–Trinajstić information content (AvgIpc) is 3.00. The Morgan fingerprint density at radius 3 is 2.66 bits per heavy atom. The first kappa shape index (κ1) is 18.6. The molecule has 5 heteroatoms. The predicted molar refractivity (Wildman–Crippen MR) is 114 cm³/mol. The summed E-state index contributed by atoms with van der Waals surface area (Å²) in [7, 11) is 0. The average molecular weight is 392 g/mol. The molecular weight excluding hydrogens is 364 g/mol. The molecule has 0 unspecified atom stereocenters. The standard InChI is InChI=1S/C24H28N2O3/c27-24(18-9-15-28-16-10-18)26-12-4-11-25(13-14-26)17-19-5-3-7-21-20-6-1-2-8-22(20)29-23(19)21/h1-3,5-8,18H,4,9-17H2. The molecule has 1 aromatic heterocycles. The van der Waals surface area contributed by atoms with Crippen molar-refractivity contribution in [1.82, 2.24) is 9.80 Å². The van der Waals surface area contributed by atoms with Gasteiger partial charge in [0, 0.05) is 68.2 Å². The zero-order chi connectivity index (χ0) is 19.6. The van der Waals surface area contributed by atoms with Crippen molar-refractivity contribution in [3.05, 3.63) is 48.0 Å². The van der Waals surface area contributed by atoms with E-state index in [1.807, 2.05) is 12.1 Å². The summed E-state index contributed by atoms with van der Waals surface area (Å²) in [4.78, 5) is 17.4. The highest BCUT2D eigenvalue weighted by atomic mass is 16.5. The summed E-state index contributed by atoms with van der Waals surface area (Å²) in [5.74, 6) is 0.481. The van der Waals surface area contributed by atoms with Crippen LogP contribution >= 0.6 is 0 Å². The van der Waals surface area contributed by atoms with Gasteiger partial charge in [-0.3, -0.25) is 9.69 Å². The van der Waals surface area contributed by atoms with Crippen LogP contribution in [0, 0.1) is 5.92 Å². The number of hydrogen-bond donors (Lipinski definition) is 0. The Labute approximate surface area is 171 Å². The fraction of sp³-hybridized carbons (Fsp3) is 0.458. The number of hydrogen-bond acceptors (Lipinski definition) is 4. The van der Waals surface area contributed by atoms with E-state index in [0.29, 0.717) is 5.91 Å². The third kappa shape index (κ3) is 3.77. The van der Waals surface area contributed by atoms with Gasteiger partial charge in [-0.05, 0) is 25.3 Å². The topological polar surface area (TPSA) is 45.9 Å². The Morgan fingerprint density at radius 2 is 1.76 bits per heavy atom. The highest BCUT2D eigenvalue weighted by Crippen LogP contribution is 2.31. The molecule has 152 valence electrons. The summed E-state index contributed by atoms with van der Waals surface area (Å²) in [5.41, 5.74) is 3.16. The molecule has 2 aromatic carbocycles. The van der Waals surface area contributed by atoms with Gasteiger partial charge in [0.25, 0.3) is 0 Å². The first-order chi connectivity index (χ1) is 14.3. The molecule has 0 saturated carbocycles. The number of benzene rings is 2. The van der Waals surface area contributed by atoms with Crippen molar-refractivity contribution in [2.75, 3.05) is 39.4 Å². The van der Waals surface area contributed by atoms with Crippen molar-refractivity contribution in [3.8, 4) is 0 Å². The quantitative estimate of drug-likeness (QED) is 0.675. The van der Waals surface area contributed by atoms with E-state index in [4.69, 9.17) is 9.15 Å². The van der Waals surface area contributed by atoms with Gasteiger partial charge >= 0.3 is 0 Å². The second kappa shape index (κ2) is 8.17. The number of carbonyl (C=O) groups excluding carboxylic acids is 1. The van der Waals surface area contributed by atoms with Crippen LogP contribution in [0.5, 0.6) is 0 Å². The van der Waals surface area contributed by atoms with E-state index < -0.39 is 0 Å². The fourth-order valence-electron chi connectivity index (χ4n) is 4.72. The van der Waals surface area contributed by atoms with E-state index in [1.165, 1.54) is 16.3 Å². The van der Waals surface area contributed by atoms with E-state index in [2.05, 4.69) is 40.1 Å². The second-order valence-corrected chi connectivity index (χ2v) is 8.23. The van der Waals surface area contributed by atoms with Crippen LogP contribution in [-0.2, 0) is 16.1 Å². The van der Waals surface area contributed by atoms with Crippen LogP contribution in [0.4, 0.5) is 0 Å². The molecule has 0 bridgehead atoms. The Hall–Kier alpha value is -2.37. The van der Waals surface area contributed by atoms with Gasteiger partial charge < -0.3 is 14.1 Å². The molecule has 0 N–H and O–H groups in total. The first-order valence-corrected chi connectivity index (χ1v) is 10.8. The van der Waals surface area contributed by atoms with Gasteiger partial charge in [0.15, 0.2) is 0 Å². The van der Waals surface area contributed by atoms with Gasteiger partial charge in [0.05, 0.1) is 0 Å². The summed E-state index contributed by atoms with van der Waals surface area (Å²) in [6, 6.07) is 14.7. The molecule has 1 amide bonds. The van der Waals surface area contributed by atoms with Crippen LogP contribution < -0.4 is 0 Å². The highest BCUT2D eigenvalue weighted by Gasteiger charge is 2.28. The molecule has 5 nitrogen and oxygen atoms in total. The fourth-order valence-corrected chi connectivity index (χ4v) is 4.72. The molecular formula is C24H28N2O3. The predicted octanol–water partition coefficient (Wildman–Crippen LogP) is 4.05. The van der Waals surface area contributed by atoms with Crippen molar-refractivity contribution >= 4 is 27.8 Å². The summed E-state index contributed by atoms with van der Waals surface area (Å²) in [5, 5.41) is 2.36. The smallest absolute Gasteiger partial charge is 0.225 e. The van der Waals surface area contributed by atoms with Gasteiger partial charge in [-0.25, -0.2) is 0 Å². The van der Waals surface area contributed by atoms with Crippen LogP contribution in [0.25, 0.3) is 21.9 Å². The molecule has 2 aliphatic rings. The number of nitrogens with zero attached hydrogens (tertiary/aromatic N) is 2. The zero-order valence-corrected chi connectivity index (χ0v) is 16.8. The van der Waals surface area contributed by atoms with Gasteiger partial charge in [-0.15, -0.1) is 0 Å². The highest BCUT2D eigenvalue weighted by molar-refractivity contribution is 6.05. The maximum Gasteiger partial charge on any atom is 0.225 e. The largest absolute Gasteiger partial charge is 0.456 e. The lowest BCUT2D eigenvalue weighted by Gasteiger charge is -2.28. The van der Waals surface area contributed by atoms with E-state index in [0.717, 1.165) is 76.4 Å². The molecule has 2 saturated heterocycles. The molecule has 0 spiro atoms. The number of carbonyl (C=O) groups is 1. The Kier molecular flexibility index (Phi) is 5.25. The van der Waals surface area contributed by atoms with E-state index >= 15 is 0 Å². The summed E-state index contributed by atoms with van der Waals surface area (Å²) in [6.45, 7) is 5.89. The van der Waals surface area contributed by atoms with Gasteiger partial charge in [-0.2, -0.15) is 0 Å². The number of amides is 1. The Bertz CT molecular complexity index is 1010. The molecule has 3 heterocycles. The van der Waals surface area contributed by atoms with Crippen LogP contribution in [0.2, 0.25) is 0 Å². The van der Waals surface area contributed by atoms with Gasteiger partial charge in [0.2, 0.25) is 5.91 Å². The lowest BCUT2D eigenvalue weighted by molar-refractivity contribution is -0.138. The molecule has 29 heavy (non-hydrogen) atoms. The van der Waals surface area contributed by atoms with Gasteiger partial charge in [-0.1, -0.05) is 36.4 Å². The Morgan fingerprint density at radius 1 is 0.931 bits per heavy atom. The van der Waals surface area contributed by atoms with Crippen molar-refractivity contribution in [2.24, 2.45) is 5.92 Å². The third-order valence-corrected chi connectivity index (χ3v) is 6.35. The monoisotopic (exact) mass is 392 g/mol. The van der Waals surface area contributed by atoms with Gasteiger partial charge in [0.1, 0.15) is 11.2 Å². The number of ether oxygens (including phenoxy) is 1. The van der Waals surface area contributed by atoms with Crippen LogP contribution in [0.3, 0.4) is 0 Å². The zero-order valence-electron chi connectivity index (χ0n) is 16.8. The van der Waals surface area contributed by atoms with E-state index in [1.54, 1.807) is 0 Å². The number of furan rings is 1. The van der Waals surface area contributed by atoms with Crippen LogP contribution in [0.1, 0.15) is 24.8 Å². The first-order valence-electron chi connectivity index (χ1n) is 10.8. The molecule has 2 aliphatic heterocycles. The maximum atomic E-state index is 12.9. The summed E-state index contributed by atoms with van der Waals surface area (Å²) in [6.07, 6.45) is 2.76. The number of fused-ring (bicyclic) bond motifs is 3. The lowest BCUT2D eigenvalue weighted by Crippen LogP contribution is -2.40. The molecule has 0 aliphatic carbocycles. The normalized spacial score (nSPS) is 19.7. The molecule has 3 aromatic rings. The Balaban J connectivity index is 1.30. The lowest BCUT2D eigenvalue weighted by atomic mass is 9.98. The van der Waals surface area contributed by atoms with E-state index in [-0.39, 0.29) is 5.92 Å². The third-order valence-electron chi connectivity index (χ3n) is 6.35. The SMILES string of the molecule is O=C(C1CCOCC1)N1CCCN(Cc2cccc3c2oc2ccccc23)CC1. The van der Waals surface area contributed by atoms with Crippen LogP contribution in [-0.4, -0.2) is 55.1 Å². The van der Waals surface area contributed by atoms with Crippen LogP contribution in [0.15, 0.2) is 46.9 Å². The maximum absolute atomic E-state index is 12.9. The minimum absolute atomic E-state index is 0.152. The molecule has 5 rings (SSSR count). The summed E-state index contributed by atoms with van der Waals surface area (Å²) >= 11 is 0. The number of para-hydroxylation sites is 2. The minimum atomic E-state index is 0.152. The summed E-state index contributed by atoms with van der Waals surface area (Å²) < 4.78 is 11.6. The number of rotatable bonds is 3. The van der Waals surface area contributed by atoms with Crippen molar-refractivity contribution < 1.29 is 13.9 Å².